The Labute approximate surface area is 272 Å². The molecule has 2 atom stereocenters. The Bertz CT molecular complexity index is 1810. The van der Waals surface area contributed by atoms with Crippen molar-refractivity contribution in [2.24, 2.45) is 0 Å². The van der Waals surface area contributed by atoms with Crippen LogP contribution in [0.5, 0.6) is 5.75 Å². The molecule has 3 aromatic carbocycles. The van der Waals surface area contributed by atoms with Crippen molar-refractivity contribution >= 4 is 56.8 Å². The third kappa shape index (κ3) is 7.01. The third-order valence-electron chi connectivity index (χ3n) is 6.84. The van der Waals surface area contributed by atoms with Crippen LogP contribution in [0.15, 0.2) is 65.6 Å². The molecule has 2 unspecified atom stereocenters. The number of anilines is 2. The number of fused-ring (bicyclic) bond motifs is 2. The van der Waals surface area contributed by atoms with Gasteiger partial charge in [0.2, 0.25) is 15.6 Å². The summed E-state index contributed by atoms with van der Waals surface area (Å²) in [5.41, 5.74) is -7.17. The molecule has 3 aromatic rings. The van der Waals surface area contributed by atoms with Gasteiger partial charge in [-0.05, 0) is 55.6 Å². The molecule has 20 heteroatoms. The molecule has 47 heavy (non-hydrogen) atoms. The number of sulfonamides is 1. The van der Waals surface area contributed by atoms with Gasteiger partial charge >= 0.3 is 24.5 Å². The van der Waals surface area contributed by atoms with Crippen LogP contribution in [0.3, 0.4) is 0 Å². The maximum Gasteiger partial charge on any atom is 0.447 e. The lowest BCUT2D eigenvalue weighted by Gasteiger charge is -2.39. The highest BCUT2D eigenvalue weighted by molar-refractivity contribution is 7.89. The van der Waals surface area contributed by atoms with Crippen LogP contribution in [0.25, 0.3) is 0 Å². The summed E-state index contributed by atoms with van der Waals surface area (Å²) < 4.78 is 123. The number of halogens is 8. The van der Waals surface area contributed by atoms with Crippen LogP contribution >= 0.6 is 23.2 Å². The van der Waals surface area contributed by atoms with E-state index in [0.717, 1.165) is 25.2 Å². The first-order chi connectivity index (χ1) is 21.8. The van der Waals surface area contributed by atoms with E-state index in [1.165, 1.54) is 49.6 Å². The normalized spacial score (nSPS) is 20.6. The largest absolute Gasteiger partial charge is 0.497 e. The van der Waals surface area contributed by atoms with Gasteiger partial charge in [0.15, 0.2) is 0 Å². The number of hydrogen-bond acceptors (Lipinski definition) is 8. The summed E-state index contributed by atoms with van der Waals surface area (Å²) in [5, 5.41) is 6.40. The summed E-state index contributed by atoms with van der Waals surface area (Å²) in [5.74, 6) is 0.198. The Kier molecular flexibility index (Phi) is 9.86. The summed E-state index contributed by atoms with van der Waals surface area (Å²) in [4.78, 5) is 22.7. The minimum Gasteiger partial charge on any atom is -0.497 e. The molecule has 4 N–H and O–H groups in total. The van der Waals surface area contributed by atoms with E-state index in [1.54, 1.807) is 0 Å². The fraction of sp³-hybridized carbons (Fsp3) is 0.259. The van der Waals surface area contributed by atoms with Crippen LogP contribution in [-0.2, 0) is 30.8 Å². The number of nitrogens with one attached hydrogen (secondary N) is 4. The molecule has 0 bridgehead atoms. The van der Waals surface area contributed by atoms with Crippen LogP contribution in [0, 0.1) is 0 Å². The molecule has 0 saturated heterocycles. The summed E-state index contributed by atoms with van der Waals surface area (Å²) in [6, 6.07) is 12.4. The van der Waals surface area contributed by atoms with Gasteiger partial charge < -0.3 is 14.2 Å². The van der Waals surface area contributed by atoms with Crippen molar-refractivity contribution in [2.75, 3.05) is 31.3 Å². The average Bonchev–Trinajstić information content (AvgIpc) is 2.99. The highest BCUT2D eigenvalue weighted by Gasteiger charge is 2.63. The average molecular weight is 731 g/mol. The maximum absolute atomic E-state index is 14.1. The molecule has 0 fully saturated rings. The monoisotopic (exact) mass is 730 g/mol. The number of rotatable bonds is 6. The van der Waals surface area contributed by atoms with E-state index in [-0.39, 0.29) is 37.6 Å². The Morgan fingerprint density at radius 1 is 0.830 bits per heavy atom. The molecule has 0 saturated carbocycles. The Morgan fingerprint density at radius 2 is 1.38 bits per heavy atom. The van der Waals surface area contributed by atoms with E-state index in [4.69, 9.17) is 27.9 Å². The standard InChI is InChI=1S/C17H14ClF3N2O5S.C10H8ClF3N2O2/c1-27-11-3-2-4-12(8-11)29(25,26)22-9-16(17(19,20)21)13-7-10(18)5-6-14(13)23-15(24)28-16;1-15-9(10(12,13)14)6-4-5(11)2-3-7(6)16-8(17)18-9/h2-8,22H,9H2,1H3,(H,23,24);2-4,15H,1H3,(H,16,17). The van der Waals surface area contributed by atoms with E-state index in [0.29, 0.717) is 0 Å². The maximum atomic E-state index is 14.1. The fourth-order valence-corrected chi connectivity index (χ4v) is 6.02. The van der Waals surface area contributed by atoms with Gasteiger partial charge in [0.1, 0.15) is 5.75 Å². The van der Waals surface area contributed by atoms with E-state index in [1.807, 2.05) is 10.0 Å². The minimum atomic E-state index is -5.15. The van der Waals surface area contributed by atoms with E-state index < -0.39 is 58.0 Å². The number of ether oxygens (including phenoxy) is 3. The van der Waals surface area contributed by atoms with E-state index >= 15 is 0 Å². The zero-order valence-corrected chi connectivity index (χ0v) is 26.1. The zero-order valence-electron chi connectivity index (χ0n) is 23.8. The SMILES string of the molecule is CNC1(C(F)(F)F)OC(=O)Nc2ccc(Cl)cc21.COc1cccc(S(=O)(=O)NCC2(C(F)(F)F)OC(=O)Nc3ccc(Cl)cc32)c1. The molecule has 254 valence electrons. The number of amides is 2. The first-order valence-electron chi connectivity index (χ1n) is 12.8. The lowest BCUT2D eigenvalue weighted by atomic mass is 9.90. The van der Waals surface area contributed by atoms with Gasteiger partial charge in [0.25, 0.3) is 5.72 Å². The number of carbonyl (C=O) groups excluding carboxylic acids is 2. The molecular formula is C27H22Cl2F6N4O7S. The van der Waals surface area contributed by atoms with Crippen molar-refractivity contribution in [3.05, 3.63) is 81.8 Å². The number of hydrogen-bond donors (Lipinski definition) is 4. The van der Waals surface area contributed by atoms with Crippen molar-refractivity contribution in [1.29, 1.82) is 0 Å². The summed E-state index contributed by atoms with van der Waals surface area (Å²) in [6.45, 7) is -1.29. The minimum absolute atomic E-state index is 0.00215. The molecule has 5 rings (SSSR count). The van der Waals surface area contributed by atoms with Crippen molar-refractivity contribution in [2.45, 2.75) is 28.6 Å². The second kappa shape index (κ2) is 12.9. The van der Waals surface area contributed by atoms with Crippen molar-refractivity contribution in [3.8, 4) is 5.75 Å². The fourth-order valence-electron chi connectivity index (χ4n) is 4.58. The van der Waals surface area contributed by atoms with Gasteiger partial charge in [-0.25, -0.2) is 22.7 Å². The lowest BCUT2D eigenvalue weighted by Crippen LogP contribution is -2.58. The Balaban J connectivity index is 0.000000238. The Morgan fingerprint density at radius 3 is 1.91 bits per heavy atom. The highest BCUT2D eigenvalue weighted by Crippen LogP contribution is 2.48. The second-order valence-electron chi connectivity index (χ2n) is 9.67. The topological polar surface area (TPSA) is 144 Å². The predicted octanol–water partition coefficient (Wildman–Crippen LogP) is 6.48. The van der Waals surface area contributed by atoms with E-state index in [9.17, 15) is 44.3 Å². The number of alkyl halides is 6. The number of cyclic esters (lactones) is 2. The van der Waals surface area contributed by atoms with Gasteiger partial charge in [0, 0.05) is 27.2 Å². The van der Waals surface area contributed by atoms with Crippen molar-refractivity contribution in [3.63, 3.8) is 0 Å². The molecule has 2 heterocycles. The van der Waals surface area contributed by atoms with Crippen LogP contribution in [-0.4, -0.2) is 53.7 Å². The highest BCUT2D eigenvalue weighted by atomic mass is 35.5. The van der Waals surface area contributed by atoms with Gasteiger partial charge in [-0.3, -0.25) is 16.0 Å². The molecule has 2 aliphatic rings. The van der Waals surface area contributed by atoms with Crippen LogP contribution in [0.4, 0.5) is 47.3 Å². The lowest BCUT2D eigenvalue weighted by molar-refractivity contribution is -0.275. The van der Waals surface area contributed by atoms with Gasteiger partial charge in [0.05, 0.1) is 29.9 Å². The Hall–Kier alpha value is -3.97. The first kappa shape index (κ1) is 35.9. The molecule has 2 aliphatic heterocycles. The number of carbonyl (C=O) groups is 2. The van der Waals surface area contributed by atoms with Crippen LogP contribution < -0.4 is 25.4 Å². The van der Waals surface area contributed by atoms with Gasteiger partial charge in [-0.1, -0.05) is 29.3 Å². The summed E-state index contributed by atoms with van der Waals surface area (Å²) in [7, 11) is -2.03. The van der Waals surface area contributed by atoms with Crippen LogP contribution in [0.1, 0.15) is 11.1 Å². The second-order valence-corrected chi connectivity index (χ2v) is 12.3. The quantitative estimate of drug-likeness (QED) is 0.211. The third-order valence-corrected chi connectivity index (χ3v) is 8.70. The van der Waals surface area contributed by atoms with Crippen LogP contribution in [0.2, 0.25) is 10.0 Å². The summed E-state index contributed by atoms with van der Waals surface area (Å²) in [6.07, 6.45) is -12.5. The molecule has 0 aliphatic carbocycles. The van der Waals surface area contributed by atoms with Crippen molar-refractivity contribution in [1.82, 2.24) is 10.0 Å². The molecule has 2 amide bonds. The van der Waals surface area contributed by atoms with E-state index in [2.05, 4.69) is 20.1 Å². The smallest absolute Gasteiger partial charge is 0.447 e. The zero-order chi connectivity index (χ0) is 35.0. The van der Waals surface area contributed by atoms with Gasteiger partial charge in [-0.2, -0.15) is 26.3 Å². The van der Waals surface area contributed by atoms with Gasteiger partial charge in [-0.15, -0.1) is 0 Å². The number of methoxy groups -OCH3 is 1. The molecule has 0 aromatic heterocycles. The molecular weight excluding hydrogens is 709 g/mol. The van der Waals surface area contributed by atoms with Crippen molar-refractivity contribution < 1.29 is 58.6 Å². The molecule has 0 radical (unpaired) electrons. The number of benzene rings is 3. The molecule has 0 spiro atoms. The predicted molar refractivity (Wildman–Crippen MR) is 156 cm³/mol. The first-order valence-corrected chi connectivity index (χ1v) is 15.1. The summed E-state index contributed by atoms with van der Waals surface area (Å²) >= 11 is 11.5. The molecule has 11 nitrogen and oxygen atoms in total.